The fourth-order valence-electron chi connectivity index (χ4n) is 1.85. The van der Waals surface area contributed by atoms with Crippen molar-refractivity contribution in [2.24, 2.45) is 0 Å². The summed E-state index contributed by atoms with van der Waals surface area (Å²) in [5, 5.41) is 0. The zero-order chi connectivity index (χ0) is 13.8. The Morgan fingerprint density at radius 2 is 1.84 bits per heavy atom. The molecular weight excluding hydrogens is 238 g/mol. The summed E-state index contributed by atoms with van der Waals surface area (Å²) in [5.74, 6) is 2.21. The maximum absolute atomic E-state index is 5.86. The number of nitrogen functional groups attached to an aromatic ring is 1. The number of rotatable bonds is 4. The Bertz CT molecular complexity index is 579. The van der Waals surface area contributed by atoms with E-state index in [-0.39, 0.29) is 0 Å². The molecule has 3 nitrogen and oxygen atoms in total. The number of nitrogens with two attached hydrogens (primary N) is 1. The van der Waals surface area contributed by atoms with Gasteiger partial charge in [-0.15, -0.1) is 0 Å². The van der Waals surface area contributed by atoms with E-state index in [1.165, 1.54) is 5.56 Å². The molecule has 0 aromatic heterocycles. The summed E-state index contributed by atoms with van der Waals surface area (Å²) in [5.41, 5.74) is 8.78. The molecule has 0 aliphatic rings. The van der Waals surface area contributed by atoms with Gasteiger partial charge in [0, 0.05) is 5.69 Å². The molecule has 2 aromatic rings. The minimum atomic E-state index is 0.712. The summed E-state index contributed by atoms with van der Waals surface area (Å²) in [6.45, 7) is 4.07. The summed E-state index contributed by atoms with van der Waals surface area (Å²) >= 11 is 0. The first-order valence-electron chi connectivity index (χ1n) is 6.35. The van der Waals surface area contributed by atoms with Crippen molar-refractivity contribution in [2.45, 2.75) is 20.3 Å². The van der Waals surface area contributed by atoms with Crippen LogP contribution >= 0.6 is 0 Å². The van der Waals surface area contributed by atoms with E-state index in [0.29, 0.717) is 5.75 Å². The molecular formula is C16H19NO2. The number of hydrogen-bond donors (Lipinski definition) is 1. The van der Waals surface area contributed by atoms with Crippen LogP contribution in [0.1, 0.15) is 18.1 Å². The second kappa shape index (κ2) is 5.65. The average molecular weight is 257 g/mol. The van der Waals surface area contributed by atoms with E-state index in [9.17, 15) is 0 Å². The number of anilines is 1. The molecule has 0 aliphatic carbocycles. The molecule has 100 valence electrons. The highest BCUT2D eigenvalue weighted by molar-refractivity contribution is 5.51. The molecule has 2 N–H and O–H groups in total. The van der Waals surface area contributed by atoms with Crippen molar-refractivity contribution in [3.8, 4) is 17.2 Å². The molecule has 0 aliphatic heterocycles. The van der Waals surface area contributed by atoms with Crippen molar-refractivity contribution < 1.29 is 9.47 Å². The third-order valence-electron chi connectivity index (χ3n) is 3.11. The number of benzene rings is 2. The van der Waals surface area contributed by atoms with E-state index >= 15 is 0 Å². The van der Waals surface area contributed by atoms with Gasteiger partial charge in [-0.25, -0.2) is 0 Å². The maximum atomic E-state index is 5.86. The van der Waals surface area contributed by atoms with E-state index in [2.05, 4.69) is 6.92 Å². The van der Waals surface area contributed by atoms with Crippen molar-refractivity contribution in [2.75, 3.05) is 12.8 Å². The predicted octanol–water partition coefficient (Wildman–Crippen LogP) is 3.94. The van der Waals surface area contributed by atoms with E-state index in [4.69, 9.17) is 15.2 Å². The summed E-state index contributed by atoms with van der Waals surface area (Å²) in [6, 6.07) is 11.6. The van der Waals surface area contributed by atoms with Gasteiger partial charge in [-0.05, 0) is 54.8 Å². The van der Waals surface area contributed by atoms with Gasteiger partial charge >= 0.3 is 0 Å². The van der Waals surface area contributed by atoms with Gasteiger partial charge in [-0.2, -0.15) is 0 Å². The number of hydrogen-bond acceptors (Lipinski definition) is 3. The first kappa shape index (κ1) is 13.3. The highest BCUT2D eigenvalue weighted by atomic mass is 16.5. The van der Waals surface area contributed by atoms with Crippen LogP contribution in [-0.4, -0.2) is 7.11 Å². The van der Waals surface area contributed by atoms with Crippen LogP contribution in [0.5, 0.6) is 17.2 Å². The highest BCUT2D eigenvalue weighted by Crippen LogP contribution is 2.33. The van der Waals surface area contributed by atoms with Crippen LogP contribution in [0.2, 0.25) is 0 Å². The van der Waals surface area contributed by atoms with Gasteiger partial charge < -0.3 is 15.2 Å². The molecule has 19 heavy (non-hydrogen) atoms. The first-order chi connectivity index (χ1) is 9.13. The molecule has 2 rings (SSSR count). The molecule has 0 heterocycles. The lowest BCUT2D eigenvalue weighted by Crippen LogP contribution is -1.94. The van der Waals surface area contributed by atoms with Crippen LogP contribution in [0.25, 0.3) is 0 Å². The minimum Gasteiger partial charge on any atom is -0.493 e. The van der Waals surface area contributed by atoms with Crippen molar-refractivity contribution in [3.63, 3.8) is 0 Å². The molecule has 0 radical (unpaired) electrons. The Hall–Kier alpha value is -2.16. The SMILES string of the molecule is CCc1ccc(Oc2ccc(N)c(C)c2)c(OC)c1. The van der Waals surface area contributed by atoms with Crippen LogP contribution in [-0.2, 0) is 6.42 Å². The van der Waals surface area contributed by atoms with Gasteiger partial charge in [0.05, 0.1) is 7.11 Å². The van der Waals surface area contributed by atoms with E-state index in [0.717, 1.165) is 29.2 Å². The Morgan fingerprint density at radius 1 is 1.05 bits per heavy atom. The predicted molar refractivity (Wildman–Crippen MR) is 78.0 cm³/mol. The monoisotopic (exact) mass is 257 g/mol. The van der Waals surface area contributed by atoms with Crippen LogP contribution in [0.15, 0.2) is 36.4 Å². The molecule has 0 atom stereocenters. The topological polar surface area (TPSA) is 44.5 Å². The van der Waals surface area contributed by atoms with Crippen LogP contribution in [0.3, 0.4) is 0 Å². The van der Waals surface area contributed by atoms with Crippen LogP contribution < -0.4 is 15.2 Å². The Balaban J connectivity index is 2.29. The lowest BCUT2D eigenvalue weighted by atomic mass is 10.1. The van der Waals surface area contributed by atoms with E-state index < -0.39 is 0 Å². The zero-order valence-corrected chi connectivity index (χ0v) is 11.6. The molecule has 0 amide bonds. The fraction of sp³-hybridized carbons (Fsp3) is 0.250. The molecule has 2 aromatic carbocycles. The summed E-state index contributed by atoms with van der Waals surface area (Å²) in [6.07, 6.45) is 0.970. The van der Waals surface area contributed by atoms with Crippen molar-refractivity contribution >= 4 is 5.69 Å². The van der Waals surface area contributed by atoms with Gasteiger partial charge in [-0.1, -0.05) is 13.0 Å². The van der Waals surface area contributed by atoms with E-state index in [1.54, 1.807) is 7.11 Å². The smallest absolute Gasteiger partial charge is 0.169 e. The lowest BCUT2D eigenvalue weighted by Gasteiger charge is -2.12. The van der Waals surface area contributed by atoms with Crippen LogP contribution in [0.4, 0.5) is 5.69 Å². The standard InChI is InChI=1S/C16H19NO2/c1-4-12-5-8-15(16(10-12)18-3)19-13-6-7-14(17)11(2)9-13/h5-10H,4,17H2,1-3H3. The van der Waals surface area contributed by atoms with Gasteiger partial charge in [0.15, 0.2) is 11.5 Å². The second-order valence-electron chi connectivity index (χ2n) is 4.46. The second-order valence-corrected chi connectivity index (χ2v) is 4.46. The summed E-state index contributed by atoms with van der Waals surface area (Å²) in [7, 11) is 1.65. The Labute approximate surface area is 114 Å². The maximum Gasteiger partial charge on any atom is 0.169 e. The molecule has 0 saturated carbocycles. The fourth-order valence-corrected chi connectivity index (χ4v) is 1.85. The number of ether oxygens (including phenoxy) is 2. The van der Waals surface area contributed by atoms with Crippen molar-refractivity contribution in [3.05, 3.63) is 47.5 Å². The molecule has 3 heteroatoms. The quantitative estimate of drug-likeness (QED) is 0.844. The molecule has 0 saturated heterocycles. The molecule has 0 fully saturated rings. The third-order valence-corrected chi connectivity index (χ3v) is 3.11. The average Bonchev–Trinajstić information content (AvgIpc) is 2.43. The molecule has 0 spiro atoms. The number of methoxy groups -OCH3 is 1. The minimum absolute atomic E-state index is 0.712. The third kappa shape index (κ3) is 2.99. The highest BCUT2D eigenvalue weighted by Gasteiger charge is 2.07. The summed E-state index contributed by atoms with van der Waals surface area (Å²) < 4.78 is 11.2. The normalized spacial score (nSPS) is 10.3. The van der Waals surface area contributed by atoms with Gasteiger partial charge in [0.2, 0.25) is 0 Å². The zero-order valence-electron chi connectivity index (χ0n) is 11.6. The summed E-state index contributed by atoms with van der Waals surface area (Å²) in [4.78, 5) is 0. The van der Waals surface area contributed by atoms with Crippen molar-refractivity contribution in [1.82, 2.24) is 0 Å². The van der Waals surface area contributed by atoms with Gasteiger partial charge in [-0.3, -0.25) is 0 Å². The lowest BCUT2D eigenvalue weighted by molar-refractivity contribution is 0.378. The van der Waals surface area contributed by atoms with Crippen molar-refractivity contribution in [1.29, 1.82) is 0 Å². The Kier molecular flexibility index (Phi) is 3.95. The first-order valence-corrected chi connectivity index (χ1v) is 6.35. The van der Waals surface area contributed by atoms with E-state index in [1.807, 2.05) is 43.3 Å². The van der Waals surface area contributed by atoms with Crippen LogP contribution in [0, 0.1) is 6.92 Å². The molecule has 0 unspecified atom stereocenters. The van der Waals surface area contributed by atoms with Gasteiger partial charge in [0.25, 0.3) is 0 Å². The number of aryl methyl sites for hydroxylation is 2. The Morgan fingerprint density at radius 3 is 2.47 bits per heavy atom. The largest absolute Gasteiger partial charge is 0.493 e. The molecule has 0 bridgehead atoms. The van der Waals surface area contributed by atoms with Gasteiger partial charge in [0.1, 0.15) is 5.75 Å².